The maximum absolute atomic E-state index is 12.1. The lowest BCUT2D eigenvalue weighted by atomic mass is 10.0. The molecule has 0 atom stereocenters. The molecule has 0 bridgehead atoms. The summed E-state index contributed by atoms with van der Waals surface area (Å²) in [5.74, 6) is 0.0123. The Morgan fingerprint density at radius 1 is 0.857 bits per heavy atom. The molecule has 136 valence electrons. The number of hydrogen-bond acceptors (Lipinski definition) is 3. The van der Waals surface area contributed by atoms with Crippen molar-refractivity contribution in [3.8, 4) is 11.5 Å². The first-order valence-electron chi connectivity index (χ1n) is 8.89. The molecule has 5 nitrogen and oxygen atoms in total. The van der Waals surface area contributed by atoms with Gasteiger partial charge in [0.25, 0.3) is 0 Å². The summed E-state index contributed by atoms with van der Waals surface area (Å²) in [6, 6.07) is 24.3. The molecule has 0 aliphatic carbocycles. The van der Waals surface area contributed by atoms with Crippen LogP contribution in [-0.4, -0.2) is 16.2 Å². The van der Waals surface area contributed by atoms with Crippen molar-refractivity contribution in [1.29, 1.82) is 0 Å². The largest absolute Gasteiger partial charge is 0.504 e. The van der Waals surface area contributed by atoms with Crippen molar-refractivity contribution in [1.82, 2.24) is 4.98 Å². The molecule has 0 saturated carbocycles. The highest BCUT2D eigenvalue weighted by molar-refractivity contribution is 6.17. The van der Waals surface area contributed by atoms with Crippen LogP contribution in [0.2, 0.25) is 0 Å². The van der Waals surface area contributed by atoms with E-state index in [1.807, 2.05) is 48.5 Å². The van der Waals surface area contributed by atoms with Crippen LogP contribution in [0, 0.1) is 0 Å². The molecule has 0 unspecified atom stereocenters. The molecular formula is C23H16N2O3. The third-order valence-electron chi connectivity index (χ3n) is 4.80. The summed E-state index contributed by atoms with van der Waals surface area (Å²) in [5, 5.41) is 17.0. The average Bonchev–Trinajstić information content (AvgIpc) is 3.08. The Kier molecular flexibility index (Phi) is 3.66. The molecule has 0 fully saturated rings. The third-order valence-corrected chi connectivity index (χ3v) is 4.80. The number of aromatic amines is 1. The maximum Gasteiger partial charge on any atom is 0.417 e. The minimum absolute atomic E-state index is 0.0955. The van der Waals surface area contributed by atoms with Crippen LogP contribution in [-0.2, 0) is 0 Å². The summed E-state index contributed by atoms with van der Waals surface area (Å²) >= 11 is 0. The van der Waals surface area contributed by atoms with Gasteiger partial charge in [-0.3, -0.25) is 5.32 Å². The first kappa shape index (κ1) is 16.2. The summed E-state index contributed by atoms with van der Waals surface area (Å²) in [5.41, 5.74) is 2.59. The van der Waals surface area contributed by atoms with E-state index in [0.29, 0.717) is 5.69 Å². The molecule has 28 heavy (non-hydrogen) atoms. The summed E-state index contributed by atoms with van der Waals surface area (Å²) in [4.78, 5) is 15.6. The van der Waals surface area contributed by atoms with Gasteiger partial charge < -0.3 is 14.8 Å². The molecule has 5 aromatic rings. The standard InChI is InChI=1S/C23H16N2O3/c26-20-13-18-14(10-11-17-16-8-4-5-9-19(16)25-22(17)18)12-21(20)28-23(27)24-15-6-2-1-3-7-15/h1-13,25-26H,(H,24,27). The molecule has 5 rings (SSSR count). The second-order valence-corrected chi connectivity index (χ2v) is 6.58. The Morgan fingerprint density at radius 3 is 2.50 bits per heavy atom. The van der Waals surface area contributed by atoms with Crippen LogP contribution in [0.5, 0.6) is 11.5 Å². The minimum Gasteiger partial charge on any atom is -0.504 e. The molecule has 0 aliphatic heterocycles. The first-order chi connectivity index (χ1) is 13.7. The van der Waals surface area contributed by atoms with Gasteiger partial charge in [-0.1, -0.05) is 48.5 Å². The number of fused-ring (bicyclic) bond motifs is 5. The quantitative estimate of drug-likeness (QED) is 0.369. The zero-order valence-corrected chi connectivity index (χ0v) is 14.8. The number of nitrogens with one attached hydrogen (secondary N) is 2. The second kappa shape index (κ2) is 6.32. The molecule has 1 aromatic heterocycles. The van der Waals surface area contributed by atoms with Crippen molar-refractivity contribution in [2.45, 2.75) is 0 Å². The fourth-order valence-electron chi connectivity index (χ4n) is 3.51. The minimum atomic E-state index is -0.660. The fraction of sp³-hybridized carbons (Fsp3) is 0. The Labute approximate surface area is 160 Å². The lowest BCUT2D eigenvalue weighted by molar-refractivity contribution is 0.213. The smallest absolute Gasteiger partial charge is 0.417 e. The number of benzene rings is 4. The van der Waals surface area contributed by atoms with Gasteiger partial charge in [-0.15, -0.1) is 0 Å². The number of aromatic nitrogens is 1. The number of carbonyl (C=O) groups excluding carboxylic acids is 1. The molecule has 3 N–H and O–H groups in total. The number of para-hydroxylation sites is 2. The van der Waals surface area contributed by atoms with Crippen LogP contribution in [0.3, 0.4) is 0 Å². The van der Waals surface area contributed by atoms with Crippen LogP contribution in [0.4, 0.5) is 10.5 Å². The van der Waals surface area contributed by atoms with E-state index in [1.54, 1.807) is 24.3 Å². The number of anilines is 1. The average molecular weight is 368 g/mol. The zero-order chi connectivity index (χ0) is 19.1. The lowest BCUT2D eigenvalue weighted by Gasteiger charge is -2.10. The molecule has 1 amide bonds. The van der Waals surface area contributed by atoms with Gasteiger partial charge in [0.1, 0.15) is 0 Å². The summed E-state index contributed by atoms with van der Waals surface area (Å²) in [7, 11) is 0. The molecule has 0 spiro atoms. The van der Waals surface area contributed by atoms with E-state index in [1.165, 1.54) is 0 Å². The van der Waals surface area contributed by atoms with Crippen LogP contribution < -0.4 is 10.1 Å². The second-order valence-electron chi connectivity index (χ2n) is 6.58. The normalized spacial score (nSPS) is 11.1. The van der Waals surface area contributed by atoms with E-state index in [0.717, 1.165) is 32.6 Å². The number of H-pyrrole nitrogens is 1. The number of phenols is 1. The highest BCUT2D eigenvalue weighted by atomic mass is 16.6. The predicted octanol–water partition coefficient (Wildman–Crippen LogP) is 5.79. The van der Waals surface area contributed by atoms with E-state index in [-0.39, 0.29) is 11.5 Å². The van der Waals surface area contributed by atoms with Crippen LogP contribution in [0.15, 0.2) is 78.9 Å². The summed E-state index contributed by atoms with van der Waals surface area (Å²) in [6.45, 7) is 0. The van der Waals surface area contributed by atoms with E-state index in [4.69, 9.17) is 4.74 Å². The van der Waals surface area contributed by atoms with E-state index in [2.05, 4.69) is 16.4 Å². The predicted molar refractivity (Wildman–Crippen MR) is 111 cm³/mol. The van der Waals surface area contributed by atoms with Gasteiger partial charge in [0, 0.05) is 27.4 Å². The van der Waals surface area contributed by atoms with Gasteiger partial charge >= 0.3 is 6.09 Å². The van der Waals surface area contributed by atoms with Gasteiger partial charge in [-0.25, -0.2) is 4.79 Å². The Bertz CT molecular complexity index is 1340. The van der Waals surface area contributed by atoms with Gasteiger partial charge in [-0.05, 0) is 35.7 Å². The first-order valence-corrected chi connectivity index (χ1v) is 8.89. The number of carbonyl (C=O) groups is 1. The third kappa shape index (κ3) is 2.70. The van der Waals surface area contributed by atoms with Crippen molar-refractivity contribution in [3.63, 3.8) is 0 Å². The number of amides is 1. The zero-order valence-electron chi connectivity index (χ0n) is 14.8. The number of ether oxygens (including phenoxy) is 1. The Hall–Kier alpha value is -3.99. The molecule has 0 radical (unpaired) electrons. The summed E-state index contributed by atoms with van der Waals surface area (Å²) < 4.78 is 5.32. The van der Waals surface area contributed by atoms with E-state index >= 15 is 0 Å². The van der Waals surface area contributed by atoms with Gasteiger partial charge in [-0.2, -0.15) is 0 Å². The van der Waals surface area contributed by atoms with Gasteiger partial charge in [0.2, 0.25) is 0 Å². The van der Waals surface area contributed by atoms with Crippen LogP contribution in [0.25, 0.3) is 32.6 Å². The van der Waals surface area contributed by atoms with E-state index in [9.17, 15) is 9.90 Å². The van der Waals surface area contributed by atoms with Crippen molar-refractivity contribution < 1.29 is 14.6 Å². The van der Waals surface area contributed by atoms with Crippen molar-refractivity contribution in [3.05, 3.63) is 78.9 Å². The SMILES string of the molecule is O=C(Nc1ccccc1)Oc1cc2ccc3c4ccccc4[nH]c3c2cc1O. The topological polar surface area (TPSA) is 74.3 Å². The number of rotatable bonds is 2. The Balaban J connectivity index is 1.54. The number of hydrogen-bond donors (Lipinski definition) is 3. The highest BCUT2D eigenvalue weighted by Crippen LogP contribution is 2.37. The number of aromatic hydroxyl groups is 1. The lowest BCUT2D eigenvalue weighted by Crippen LogP contribution is -2.16. The summed E-state index contributed by atoms with van der Waals surface area (Å²) in [6.07, 6.45) is -0.660. The highest BCUT2D eigenvalue weighted by Gasteiger charge is 2.14. The van der Waals surface area contributed by atoms with E-state index < -0.39 is 6.09 Å². The monoisotopic (exact) mass is 368 g/mol. The van der Waals surface area contributed by atoms with Crippen molar-refractivity contribution >= 4 is 44.4 Å². The molecular weight excluding hydrogens is 352 g/mol. The molecule has 0 saturated heterocycles. The van der Waals surface area contributed by atoms with Crippen LogP contribution in [0.1, 0.15) is 0 Å². The van der Waals surface area contributed by atoms with Crippen LogP contribution >= 0.6 is 0 Å². The fourth-order valence-corrected chi connectivity index (χ4v) is 3.51. The molecule has 0 aliphatic rings. The molecule has 4 aromatic carbocycles. The molecule has 5 heteroatoms. The van der Waals surface area contributed by atoms with Gasteiger partial charge in [0.05, 0.1) is 5.52 Å². The maximum atomic E-state index is 12.1. The van der Waals surface area contributed by atoms with Crippen molar-refractivity contribution in [2.24, 2.45) is 0 Å². The van der Waals surface area contributed by atoms with Crippen molar-refractivity contribution in [2.75, 3.05) is 5.32 Å². The molecule has 1 heterocycles. The van der Waals surface area contributed by atoms with Gasteiger partial charge in [0.15, 0.2) is 11.5 Å². The Morgan fingerprint density at radius 2 is 1.64 bits per heavy atom. The number of phenolic OH excluding ortho intramolecular Hbond substituents is 1.